The summed E-state index contributed by atoms with van der Waals surface area (Å²) < 4.78 is 11.4. The predicted molar refractivity (Wildman–Crippen MR) is 119 cm³/mol. The second kappa shape index (κ2) is 10.6. The highest BCUT2D eigenvalue weighted by molar-refractivity contribution is 9.10. The number of carbonyl (C=O) groups excluding carboxylic acids is 1. The molecule has 0 unspecified atom stereocenters. The number of halogens is 1. The molecular formula is C23H29BrN2O3. The molecule has 0 N–H and O–H groups in total. The highest BCUT2D eigenvalue weighted by Crippen LogP contribution is 2.26. The molecule has 2 aromatic carbocycles. The van der Waals surface area contributed by atoms with Gasteiger partial charge in [0, 0.05) is 39.1 Å². The molecule has 5 nitrogen and oxygen atoms in total. The van der Waals surface area contributed by atoms with Crippen molar-refractivity contribution in [1.29, 1.82) is 0 Å². The topological polar surface area (TPSA) is 42.0 Å². The Kier molecular flexibility index (Phi) is 7.95. The largest absolute Gasteiger partial charge is 0.497 e. The first kappa shape index (κ1) is 21.7. The van der Waals surface area contributed by atoms with Gasteiger partial charge in [0.05, 0.1) is 18.7 Å². The Hall–Kier alpha value is -2.05. The van der Waals surface area contributed by atoms with E-state index in [1.54, 1.807) is 14.2 Å². The summed E-state index contributed by atoms with van der Waals surface area (Å²) in [6.45, 7) is 4.53. The van der Waals surface area contributed by atoms with Crippen LogP contribution >= 0.6 is 15.9 Å². The van der Waals surface area contributed by atoms with Crippen LogP contribution in [-0.4, -0.2) is 62.7 Å². The number of rotatable bonds is 8. The number of nitrogens with zero attached hydrogens (tertiary/aromatic N) is 2. The third-order valence-electron chi connectivity index (χ3n) is 5.44. The van der Waals surface area contributed by atoms with Crippen LogP contribution in [0.1, 0.15) is 17.5 Å². The van der Waals surface area contributed by atoms with Crippen molar-refractivity contribution < 1.29 is 14.3 Å². The molecule has 0 aliphatic carbocycles. The Balaban J connectivity index is 1.39. The van der Waals surface area contributed by atoms with Crippen molar-refractivity contribution in [2.75, 3.05) is 46.9 Å². The van der Waals surface area contributed by atoms with Gasteiger partial charge in [-0.05, 0) is 64.2 Å². The van der Waals surface area contributed by atoms with Gasteiger partial charge in [-0.1, -0.05) is 18.2 Å². The maximum atomic E-state index is 12.6. The second-order valence-electron chi connectivity index (χ2n) is 7.29. The van der Waals surface area contributed by atoms with Gasteiger partial charge in [0.2, 0.25) is 5.91 Å². The quantitative estimate of drug-likeness (QED) is 0.600. The van der Waals surface area contributed by atoms with E-state index in [2.05, 4.69) is 33.0 Å². The molecule has 2 aromatic rings. The zero-order chi connectivity index (χ0) is 20.6. The van der Waals surface area contributed by atoms with E-state index in [0.29, 0.717) is 6.42 Å². The lowest BCUT2D eigenvalue weighted by Crippen LogP contribution is -2.49. The lowest BCUT2D eigenvalue weighted by Gasteiger charge is -2.34. The van der Waals surface area contributed by atoms with Crippen LogP contribution in [0.2, 0.25) is 0 Å². The maximum Gasteiger partial charge on any atom is 0.222 e. The molecule has 0 aromatic heterocycles. The van der Waals surface area contributed by atoms with Crippen LogP contribution in [0.5, 0.6) is 11.5 Å². The molecule has 29 heavy (non-hydrogen) atoms. The predicted octanol–water partition coefficient (Wildman–Crippen LogP) is 3.79. The van der Waals surface area contributed by atoms with Gasteiger partial charge in [-0.3, -0.25) is 9.69 Å². The highest BCUT2D eigenvalue weighted by Gasteiger charge is 2.20. The third kappa shape index (κ3) is 6.21. The monoisotopic (exact) mass is 460 g/mol. The van der Waals surface area contributed by atoms with Crippen molar-refractivity contribution in [2.24, 2.45) is 0 Å². The second-order valence-corrected chi connectivity index (χ2v) is 8.14. The number of aryl methyl sites for hydroxylation is 1. The van der Waals surface area contributed by atoms with Crippen molar-refractivity contribution in [3.05, 3.63) is 58.1 Å². The van der Waals surface area contributed by atoms with Gasteiger partial charge in [0.15, 0.2) is 0 Å². The molecule has 1 amide bonds. The van der Waals surface area contributed by atoms with Gasteiger partial charge < -0.3 is 14.4 Å². The number of benzene rings is 2. The van der Waals surface area contributed by atoms with Crippen molar-refractivity contribution in [3.8, 4) is 11.5 Å². The number of methoxy groups -OCH3 is 2. The lowest BCUT2D eigenvalue weighted by molar-refractivity contribution is -0.132. The number of piperazine rings is 1. The molecule has 0 atom stereocenters. The SMILES string of the molecule is COc1ccc(CCN2CCN(C(=O)CCc3ccc(OC)c(Br)c3)CC2)cc1. The van der Waals surface area contributed by atoms with Crippen LogP contribution in [-0.2, 0) is 17.6 Å². The van der Waals surface area contributed by atoms with Gasteiger partial charge in [-0.2, -0.15) is 0 Å². The van der Waals surface area contributed by atoms with Crippen LogP contribution in [0.3, 0.4) is 0 Å². The van der Waals surface area contributed by atoms with Crippen LogP contribution in [0.15, 0.2) is 46.9 Å². The first-order chi connectivity index (χ1) is 14.1. The van der Waals surface area contributed by atoms with E-state index >= 15 is 0 Å². The van der Waals surface area contributed by atoms with Crippen LogP contribution in [0.25, 0.3) is 0 Å². The summed E-state index contributed by atoms with van der Waals surface area (Å²) in [4.78, 5) is 17.0. The van der Waals surface area contributed by atoms with E-state index in [0.717, 1.165) is 67.1 Å². The highest BCUT2D eigenvalue weighted by atomic mass is 79.9. The average molecular weight is 461 g/mol. The fourth-order valence-electron chi connectivity index (χ4n) is 3.58. The minimum atomic E-state index is 0.242. The molecule has 0 radical (unpaired) electrons. The van der Waals surface area contributed by atoms with Crippen molar-refractivity contribution >= 4 is 21.8 Å². The van der Waals surface area contributed by atoms with Gasteiger partial charge in [-0.25, -0.2) is 0 Å². The maximum absolute atomic E-state index is 12.6. The molecule has 1 fully saturated rings. The zero-order valence-electron chi connectivity index (χ0n) is 17.2. The molecule has 156 valence electrons. The van der Waals surface area contributed by atoms with E-state index < -0.39 is 0 Å². The van der Waals surface area contributed by atoms with Gasteiger partial charge in [0.25, 0.3) is 0 Å². The smallest absolute Gasteiger partial charge is 0.222 e. The summed E-state index contributed by atoms with van der Waals surface area (Å²) in [6, 6.07) is 14.2. The number of hydrogen-bond donors (Lipinski definition) is 0. The Morgan fingerprint density at radius 1 is 0.931 bits per heavy atom. The number of ether oxygens (including phenoxy) is 2. The van der Waals surface area contributed by atoms with Crippen molar-refractivity contribution in [1.82, 2.24) is 9.80 Å². The molecule has 1 heterocycles. The third-order valence-corrected chi connectivity index (χ3v) is 6.06. The summed E-state index contributed by atoms with van der Waals surface area (Å²) >= 11 is 3.50. The van der Waals surface area contributed by atoms with E-state index in [1.165, 1.54) is 5.56 Å². The first-order valence-electron chi connectivity index (χ1n) is 10.0. The van der Waals surface area contributed by atoms with E-state index in [9.17, 15) is 4.79 Å². The first-order valence-corrected chi connectivity index (χ1v) is 10.8. The molecule has 0 spiro atoms. The zero-order valence-corrected chi connectivity index (χ0v) is 18.8. The normalized spacial score (nSPS) is 14.7. The molecule has 0 bridgehead atoms. The Morgan fingerprint density at radius 2 is 1.62 bits per heavy atom. The van der Waals surface area contributed by atoms with E-state index in [-0.39, 0.29) is 5.91 Å². The van der Waals surface area contributed by atoms with Gasteiger partial charge in [-0.15, -0.1) is 0 Å². The Bertz CT molecular complexity index is 802. The molecule has 1 saturated heterocycles. The number of amides is 1. The molecule has 3 rings (SSSR count). The minimum Gasteiger partial charge on any atom is -0.497 e. The van der Waals surface area contributed by atoms with Crippen LogP contribution < -0.4 is 9.47 Å². The molecule has 1 aliphatic heterocycles. The molecular weight excluding hydrogens is 432 g/mol. The van der Waals surface area contributed by atoms with E-state index in [4.69, 9.17) is 9.47 Å². The molecule has 1 aliphatic rings. The summed E-state index contributed by atoms with van der Waals surface area (Å²) in [5.74, 6) is 1.94. The lowest BCUT2D eigenvalue weighted by atomic mass is 10.1. The standard InChI is InChI=1S/C23H29BrN2O3/c1-28-20-7-3-18(4-8-20)11-12-25-13-15-26(16-14-25)23(27)10-6-19-5-9-22(29-2)21(24)17-19/h3-5,7-9,17H,6,10-16H2,1-2H3. The molecule has 6 heteroatoms. The van der Waals surface area contributed by atoms with E-state index in [1.807, 2.05) is 35.2 Å². The summed E-state index contributed by atoms with van der Waals surface area (Å²) in [5, 5.41) is 0. The van der Waals surface area contributed by atoms with Crippen LogP contribution in [0, 0.1) is 0 Å². The van der Waals surface area contributed by atoms with Crippen molar-refractivity contribution in [3.63, 3.8) is 0 Å². The van der Waals surface area contributed by atoms with Gasteiger partial charge >= 0.3 is 0 Å². The minimum absolute atomic E-state index is 0.242. The molecule has 0 saturated carbocycles. The Morgan fingerprint density at radius 3 is 2.24 bits per heavy atom. The summed E-state index contributed by atoms with van der Waals surface area (Å²) in [6.07, 6.45) is 2.31. The average Bonchev–Trinajstić information content (AvgIpc) is 2.77. The number of hydrogen-bond acceptors (Lipinski definition) is 4. The Labute approximate surface area is 181 Å². The summed E-state index contributed by atoms with van der Waals surface area (Å²) in [5.41, 5.74) is 2.46. The van der Waals surface area contributed by atoms with Crippen molar-refractivity contribution in [2.45, 2.75) is 19.3 Å². The fraction of sp³-hybridized carbons (Fsp3) is 0.435. The number of carbonyl (C=O) groups is 1. The summed E-state index contributed by atoms with van der Waals surface area (Å²) in [7, 11) is 3.34. The fourth-order valence-corrected chi connectivity index (χ4v) is 4.16. The van der Waals surface area contributed by atoms with Crippen LogP contribution in [0.4, 0.5) is 0 Å². The van der Waals surface area contributed by atoms with Gasteiger partial charge in [0.1, 0.15) is 11.5 Å².